The molecule has 0 aliphatic carbocycles. The highest BCUT2D eigenvalue weighted by Gasteiger charge is 2.25. The molecule has 0 bridgehead atoms. The molecule has 2 aromatic rings. The largest absolute Gasteiger partial charge is 0.472 e. The molecule has 126 valence electrons. The molecule has 1 aromatic heterocycles. The Kier molecular flexibility index (Phi) is 5.03. The maximum Gasteiger partial charge on any atom is 0.227 e. The second kappa shape index (κ2) is 7.38. The van der Waals surface area contributed by atoms with Gasteiger partial charge in [0.2, 0.25) is 11.8 Å². The molecule has 1 aliphatic heterocycles. The van der Waals surface area contributed by atoms with Crippen molar-refractivity contribution < 1.29 is 13.9 Å². The minimum Gasteiger partial charge on any atom is -0.472 e. The number of hydrogen-bond acceptors (Lipinski definition) is 4. The maximum atomic E-state index is 12.9. The van der Waals surface area contributed by atoms with Gasteiger partial charge in [-0.15, -0.1) is 0 Å². The van der Waals surface area contributed by atoms with E-state index in [1.165, 1.54) is 12.1 Å². The number of piperidine rings is 1. The van der Waals surface area contributed by atoms with Crippen LogP contribution in [-0.2, 0) is 11.2 Å². The van der Waals surface area contributed by atoms with Gasteiger partial charge < -0.3 is 9.64 Å². The van der Waals surface area contributed by atoms with E-state index in [1.807, 2.05) is 11.8 Å². The first kappa shape index (κ1) is 16.4. The van der Waals surface area contributed by atoms with Crippen molar-refractivity contribution in [2.75, 3.05) is 13.1 Å². The normalized spacial score (nSPS) is 17.6. The van der Waals surface area contributed by atoms with Crippen molar-refractivity contribution in [3.8, 4) is 5.88 Å². The molecule has 3 rings (SSSR count). The minimum absolute atomic E-state index is 0.0359. The van der Waals surface area contributed by atoms with Gasteiger partial charge in [-0.1, -0.05) is 12.1 Å². The van der Waals surface area contributed by atoms with E-state index in [9.17, 15) is 9.18 Å². The SMILES string of the molecule is Cc1nccc(OC2CCCN(C(=O)Cc3ccc(F)cc3)C2)n1. The molecule has 24 heavy (non-hydrogen) atoms. The van der Waals surface area contributed by atoms with E-state index in [1.54, 1.807) is 24.4 Å². The smallest absolute Gasteiger partial charge is 0.227 e. The van der Waals surface area contributed by atoms with Crippen molar-refractivity contribution in [3.05, 3.63) is 53.7 Å². The number of nitrogens with zero attached hydrogens (tertiary/aromatic N) is 3. The number of aryl methyl sites for hydroxylation is 1. The Morgan fingerprint density at radius 2 is 2.12 bits per heavy atom. The first-order valence-corrected chi connectivity index (χ1v) is 8.08. The Balaban J connectivity index is 1.58. The second-order valence-corrected chi connectivity index (χ2v) is 5.97. The van der Waals surface area contributed by atoms with E-state index in [0.717, 1.165) is 24.9 Å². The summed E-state index contributed by atoms with van der Waals surface area (Å²) in [4.78, 5) is 22.6. The summed E-state index contributed by atoms with van der Waals surface area (Å²) in [7, 11) is 0. The minimum atomic E-state index is -0.294. The molecule has 1 fully saturated rings. The lowest BCUT2D eigenvalue weighted by molar-refractivity contribution is -0.133. The van der Waals surface area contributed by atoms with Gasteiger partial charge in [0, 0.05) is 18.8 Å². The number of hydrogen-bond donors (Lipinski definition) is 0. The quantitative estimate of drug-likeness (QED) is 0.865. The Bertz CT molecular complexity index is 706. The van der Waals surface area contributed by atoms with Crippen molar-refractivity contribution in [2.24, 2.45) is 0 Å². The summed E-state index contributed by atoms with van der Waals surface area (Å²) in [6, 6.07) is 7.78. The first-order chi connectivity index (χ1) is 11.6. The molecule has 1 atom stereocenters. The van der Waals surface area contributed by atoms with Crippen LogP contribution in [0.1, 0.15) is 24.2 Å². The summed E-state index contributed by atoms with van der Waals surface area (Å²) in [5.41, 5.74) is 0.816. The van der Waals surface area contributed by atoms with Crippen LogP contribution in [0.5, 0.6) is 5.88 Å². The van der Waals surface area contributed by atoms with Gasteiger partial charge in [0.05, 0.1) is 13.0 Å². The van der Waals surface area contributed by atoms with Crippen LogP contribution in [0.4, 0.5) is 4.39 Å². The number of benzene rings is 1. The molecule has 0 N–H and O–H groups in total. The van der Waals surface area contributed by atoms with Gasteiger partial charge in [-0.3, -0.25) is 4.79 Å². The van der Waals surface area contributed by atoms with Crippen LogP contribution in [-0.4, -0.2) is 40.0 Å². The highest BCUT2D eigenvalue weighted by Crippen LogP contribution is 2.17. The molecule has 6 heteroatoms. The first-order valence-electron chi connectivity index (χ1n) is 8.08. The van der Waals surface area contributed by atoms with Crippen LogP contribution in [0.2, 0.25) is 0 Å². The average Bonchev–Trinajstić information content (AvgIpc) is 2.57. The average molecular weight is 329 g/mol. The Morgan fingerprint density at radius 1 is 1.33 bits per heavy atom. The van der Waals surface area contributed by atoms with Gasteiger partial charge in [0.15, 0.2) is 0 Å². The number of carbonyl (C=O) groups excluding carboxylic acids is 1. The zero-order chi connectivity index (χ0) is 16.9. The van der Waals surface area contributed by atoms with Crippen LogP contribution in [0.15, 0.2) is 36.5 Å². The Hall–Kier alpha value is -2.50. The molecule has 0 saturated carbocycles. The molecule has 1 saturated heterocycles. The van der Waals surface area contributed by atoms with Crippen molar-refractivity contribution >= 4 is 5.91 Å². The third kappa shape index (κ3) is 4.28. The summed E-state index contributed by atoms with van der Waals surface area (Å²) in [6.45, 7) is 3.08. The Labute approximate surface area is 140 Å². The highest BCUT2D eigenvalue weighted by atomic mass is 19.1. The molecule has 2 heterocycles. The third-order valence-corrected chi connectivity index (χ3v) is 4.04. The van der Waals surface area contributed by atoms with E-state index in [-0.39, 0.29) is 24.2 Å². The van der Waals surface area contributed by atoms with Crippen molar-refractivity contribution in [1.82, 2.24) is 14.9 Å². The number of likely N-dealkylation sites (tertiary alicyclic amines) is 1. The van der Waals surface area contributed by atoms with Crippen molar-refractivity contribution in [3.63, 3.8) is 0 Å². The second-order valence-electron chi connectivity index (χ2n) is 5.97. The lowest BCUT2D eigenvalue weighted by Crippen LogP contribution is -2.45. The van der Waals surface area contributed by atoms with Gasteiger partial charge in [-0.2, -0.15) is 4.98 Å². The maximum absolute atomic E-state index is 12.9. The van der Waals surface area contributed by atoms with Crippen LogP contribution in [0.25, 0.3) is 0 Å². The zero-order valence-electron chi connectivity index (χ0n) is 13.6. The molecule has 5 nitrogen and oxygen atoms in total. The number of aromatic nitrogens is 2. The van der Waals surface area contributed by atoms with E-state index in [0.29, 0.717) is 18.2 Å². The standard InChI is InChI=1S/C18H20FN3O2/c1-13-20-9-8-17(21-13)24-16-3-2-10-22(12-16)18(23)11-14-4-6-15(19)7-5-14/h4-9,16H,2-3,10-12H2,1H3. The summed E-state index contributed by atoms with van der Waals surface area (Å²) < 4.78 is 18.8. The third-order valence-electron chi connectivity index (χ3n) is 4.04. The van der Waals surface area contributed by atoms with E-state index >= 15 is 0 Å². The van der Waals surface area contributed by atoms with Crippen molar-refractivity contribution in [1.29, 1.82) is 0 Å². The van der Waals surface area contributed by atoms with Crippen LogP contribution >= 0.6 is 0 Å². The number of halogens is 1. The topological polar surface area (TPSA) is 55.3 Å². The molecule has 1 amide bonds. The number of amides is 1. The lowest BCUT2D eigenvalue weighted by Gasteiger charge is -2.32. The summed E-state index contributed by atoms with van der Waals surface area (Å²) in [6.07, 6.45) is 3.66. The molecule has 0 spiro atoms. The van der Waals surface area contributed by atoms with Gasteiger partial charge in [-0.05, 0) is 37.5 Å². The van der Waals surface area contributed by atoms with Crippen LogP contribution < -0.4 is 4.74 Å². The predicted molar refractivity (Wildman–Crippen MR) is 87.1 cm³/mol. The van der Waals surface area contributed by atoms with Gasteiger partial charge in [0.1, 0.15) is 17.7 Å². The number of rotatable bonds is 4. The molecule has 1 unspecified atom stereocenters. The zero-order valence-corrected chi connectivity index (χ0v) is 13.6. The van der Waals surface area contributed by atoms with E-state index < -0.39 is 0 Å². The number of carbonyl (C=O) groups is 1. The predicted octanol–water partition coefficient (Wildman–Crippen LogP) is 2.54. The lowest BCUT2D eigenvalue weighted by atomic mass is 10.1. The van der Waals surface area contributed by atoms with Gasteiger partial charge in [0.25, 0.3) is 0 Å². The molecule has 0 radical (unpaired) electrons. The molecular formula is C18H20FN3O2. The van der Waals surface area contributed by atoms with Crippen molar-refractivity contribution in [2.45, 2.75) is 32.3 Å². The summed E-state index contributed by atoms with van der Waals surface area (Å²) >= 11 is 0. The monoisotopic (exact) mass is 329 g/mol. The molecular weight excluding hydrogens is 309 g/mol. The van der Waals surface area contributed by atoms with Crippen LogP contribution in [0, 0.1) is 12.7 Å². The fourth-order valence-electron chi connectivity index (χ4n) is 2.82. The summed E-state index contributed by atoms with van der Waals surface area (Å²) in [5.74, 6) is 0.944. The fraction of sp³-hybridized carbons (Fsp3) is 0.389. The number of ether oxygens (including phenoxy) is 1. The van der Waals surface area contributed by atoms with Gasteiger partial charge in [-0.25, -0.2) is 9.37 Å². The summed E-state index contributed by atoms with van der Waals surface area (Å²) in [5, 5.41) is 0. The van der Waals surface area contributed by atoms with E-state index in [4.69, 9.17) is 4.74 Å². The highest BCUT2D eigenvalue weighted by molar-refractivity contribution is 5.78. The Morgan fingerprint density at radius 3 is 2.88 bits per heavy atom. The molecule has 1 aliphatic rings. The fourth-order valence-corrected chi connectivity index (χ4v) is 2.82. The van der Waals surface area contributed by atoms with Gasteiger partial charge >= 0.3 is 0 Å². The molecule has 1 aromatic carbocycles. The van der Waals surface area contributed by atoms with E-state index in [2.05, 4.69) is 9.97 Å². The van der Waals surface area contributed by atoms with Crippen LogP contribution in [0.3, 0.4) is 0 Å².